The fraction of sp³-hybridized carbons (Fsp3) is 0.400. The van der Waals surface area contributed by atoms with E-state index in [1.165, 1.54) is 6.33 Å². The Labute approximate surface area is 93.8 Å². The van der Waals surface area contributed by atoms with Gasteiger partial charge in [0.25, 0.3) is 0 Å². The molecule has 0 saturated heterocycles. The van der Waals surface area contributed by atoms with Gasteiger partial charge in [0.05, 0.1) is 0 Å². The van der Waals surface area contributed by atoms with E-state index in [0.717, 1.165) is 28.8 Å². The average Bonchev–Trinajstić information content (AvgIpc) is 2.58. The molecular formula is C10H14N6. The second-order valence-electron chi connectivity index (χ2n) is 3.54. The molecular weight excluding hydrogens is 204 g/mol. The number of rotatable bonds is 2. The molecule has 0 fully saturated rings. The molecule has 0 saturated carbocycles. The lowest BCUT2D eigenvalue weighted by Gasteiger charge is -2.08. The van der Waals surface area contributed by atoms with E-state index in [0.29, 0.717) is 0 Å². The summed E-state index contributed by atoms with van der Waals surface area (Å²) in [4.78, 5) is 12.6. The first-order chi connectivity index (χ1) is 7.63. The fourth-order valence-corrected chi connectivity index (χ4v) is 1.63. The molecule has 16 heavy (non-hydrogen) atoms. The van der Waals surface area contributed by atoms with Gasteiger partial charge in [-0.25, -0.2) is 15.0 Å². The zero-order valence-electron chi connectivity index (χ0n) is 9.81. The largest absolute Gasteiger partial charge is 0.373 e. The van der Waals surface area contributed by atoms with Crippen molar-refractivity contribution in [2.75, 3.05) is 12.4 Å². The molecule has 0 aromatic carbocycles. The highest BCUT2D eigenvalue weighted by Gasteiger charge is 2.11. The van der Waals surface area contributed by atoms with Crippen LogP contribution in [0.2, 0.25) is 0 Å². The van der Waals surface area contributed by atoms with Gasteiger partial charge in [-0.3, -0.25) is 0 Å². The van der Waals surface area contributed by atoms with Gasteiger partial charge in [0.15, 0.2) is 5.82 Å². The van der Waals surface area contributed by atoms with Gasteiger partial charge in [-0.05, 0) is 20.8 Å². The van der Waals surface area contributed by atoms with Gasteiger partial charge in [0.1, 0.15) is 23.8 Å². The van der Waals surface area contributed by atoms with Crippen LogP contribution >= 0.6 is 0 Å². The Balaban J connectivity index is 2.60. The highest BCUT2D eigenvalue weighted by atomic mass is 15.4. The first kappa shape index (κ1) is 10.5. The second-order valence-corrected chi connectivity index (χ2v) is 3.54. The van der Waals surface area contributed by atoms with Crippen LogP contribution in [0.5, 0.6) is 0 Å². The smallest absolute Gasteiger partial charge is 0.163 e. The van der Waals surface area contributed by atoms with Gasteiger partial charge >= 0.3 is 0 Å². The van der Waals surface area contributed by atoms with Gasteiger partial charge in [0, 0.05) is 12.6 Å². The van der Waals surface area contributed by atoms with Crippen LogP contribution in [-0.2, 0) is 0 Å². The molecule has 84 valence electrons. The first-order valence-corrected chi connectivity index (χ1v) is 5.03. The van der Waals surface area contributed by atoms with Crippen molar-refractivity contribution in [3.05, 3.63) is 23.5 Å². The fourth-order valence-electron chi connectivity index (χ4n) is 1.63. The molecule has 0 aliphatic rings. The summed E-state index contributed by atoms with van der Waals surface area (Å²) in [5.41, 5.74) is 0.956. The Kier molecular flexibility index (Phi) is 2.55. The van der Waals surface area contributed by atoms with E-state index in [4.69, 9.17) is 0 Å². The number of aryl methyl sites for hydroxylation is 2. The van der Waals surface area contributed by atoms with Crippen LogP contribution in [0.3, 0.4) is 0 Å². The van der Waals surface area contributed by atoms with Gasteiger partial charge in [-0.1, -0.05) is 0 Å². The van der Waals surface area contributed by atoms with Crippen molar-refractivity contribution in [1.29, 1.82) is 0 Å². The average molecular weight is 218 g/mol. The van der Waals surface area contributed by atoms with E-state index in [9.17, 15) is 0 Å². The molecule has 0 amide bonds. The Morgan fingerprint density at radius 3 is 2.50 bits per heavy atom. The zero-order valence-corrected chi connectivity index (χ0v) is 9.81. The lowest BCUT2D eigenvalue weighted by atomic mass is 10.3. The molecule has 0 spiro atoms. The summed E-state index contributed by atoms with van der Waals surface area (Å²) >= 11 is 0. The van der Waals surface area contributed by atoms with E-state index in [2.05, 4.69) is 25.4 Å². The summed E-state index contributed by atoms with van der Waals surface area (Å²) in [7, 11) is 1.83. The predicted octanol–water partition coefficient (Wildman–Crippen LogP) is 1.02. The molecule has 0 unspecified atom stereocenters. The van der Waals surface area contributed by atoms with E-state index in [1.807, 2.05) is 27.8 Å². The molecule has 2 heterocycles. The number of nitrogens with one attached hydrogen (secondary N) is 1. The number of aromatic nitrogens is 5. The summed E-state index contributed by atoms with van der Waals surface area (Å²) in [6, 6.07) is 0. The van der Waals surface area contributed by atoms with Gasteiger partial charge in [-0.15, -0.1) is 5.10 Å². The summed E-state index contributed by atoms with van der Waals surface area (Å²) < 4.78 is 1.73. The molecule has 6 heteroatoms. The lowest BCUT2D eigenvalue weighted by molar-refractivity contribution is 0.791. The number of nitrogens with zero attached hydrogens (tertiary/aromatic N) is 5. The highest BCUT2D eigenvalue weighted by molar-refractivity contribution is 5.50. The van der Waals surface area contributed by atoms with Crippen LogP contribution in [0.25, 0.3) is 5.82 Å². The number of anilines is 1. The quantitative estimate of drug-likeness (QED) is 0.815. The van der Waals surface area contributed by atoms with Gasteiger partial charge < -0.3 is 5.32 Å². The lowest BCUT2D eigenvalue weighted by Crippen LogP contribution is -2.08. The van der Waals surface area contributed by atoms with Gasteiger partial charge in [-0.2, -0.15) is 4.68 Å². The molecule has 0 atom stereocenters. The standard InChI is InChI=1S/C10H14N6/c1-6-9(11-4)12-5-13-10(6)16-8(3)14-7(2)15-16/h5H,1-4H3,(H,11,12,13). The highest BCUT2D eigenvalue weighted by Crippen LogP contribution is 2.17. The summed E-state index contributed by atoms with van der Waals surface area (Å²) in [6.45, 7) is 5.72. The minimum absolute atomic E-state index is 0.738. The van der Waals surface area contributed by atoms with Crippen molar-refractivity contribution in [3.63, 3.8) is 0 Å². The molecule has 2 rings (SSSR count). The molecule has 0 bridgehead atoms. The van der Waals surface area contributed by atoms with Gasteiger partial charge in [0.2, 0.25) is 0 Å². The molecule has 0 radical (unpaired) electrons. The third-order valence-electron chi connectivity index (χ3n) is 2.37. The van der Waals surface area contributed by atoms with Crippen LogP contribution in [0.4, 0.5) is 5.82 Å². The third kappa shape index (κ3) is 1.62. The first-order valence-electron chi connectivity index (χ1n) is 5.03. The van der Waals surface area contributed by atoms with Crippen LogP contribution < -0.4 is 5.32 Å². The summed E-state index contributed by atoms with van der Waals surface area (Å²) in [5.74, 6) is 3.12. The Morgan fingerprint density at radius 1 is 1.19 bits per heavy atom. The normalized spacial score (nSPS) is 10.5. The van der Waals surface area contributed by atoms with Crippen LogP contribution in [0.1, 0.15) is 17.2 Å². The van der Waals surface area contributed by atoms with Crippen molar-refractivity contribution < 1.29 is 0 Å². The zero-order chi connectivity index (χ0) is 11.7. The topological polar surface area (TPSA) is 68.5 Å². The summed E-state index contributed by atoms with van der Waals surface area (Å²) in [6.07, 6.45) is 1.52. The van der Waals surface area contributed by atoms with Crippen molar-refractivity contribution in [2.45, 2.75) is 20.8 Å². The van der Waals surface area contributed by atoms with Crippen molar-refractivity contribution in [2.24, 2.45) is 0 Å². The molecule has 0 aliphatic carbocycles. The van der Waals surface area contributed by atoms with E-state index in [1.54, 1.807) is 4.68 Å². The van der Waals surface area contributed by atoms with Crippen molar-refractivity contribution >= 4 is 5.82 Å². The third-order valence-corrected chi connectivity index (χ3v) is 2.37. The Bertz CT molecular complexity index is 516. The van der Waals surface area contributed by atoms with Crippen LogP contribution in [-0.4, -0.2) is 31.8 Å². The predicted molar refractivity (Wildman–Crippen MR) is 60.7 cm³/mol. The van der Waals surface area contributed by atoms with E-state index < -0.39 is 0 Å². The summed E-state index contributed by atoms with van der Waals surface area (Å²) in [5, 5.41) is 7.32. The minimum Gasteiger partial charge on any atom is -0.373 e. The molecule has 2 aromatic heterocycles. The minimum atomic E-state index is 0.738. The second kappa shape index (κ2) is 3.88. The molecule has 0 aliphatic heterocycles. The van der Waals surface area contributed by atoms with E-state index >= 15 is 0 Å². The Morgan fingerprint density at radius 2 is 1.94 bits per heavy atom. The Hall–Kier alpha value is -1.98. The number of hydrogen-bond acceptors (Lipinski definition) is 5. The SMILES string of the molecule is CNc1ncnc(-n2nc(C)nc2C)c1C. The van der Waals surface area contributed by atoms with Crippen molar-refractivity contribution in [3.8, 4) is 5.82 Å². The maximum Gasteiger partial charge on any atom is 0.163 e. The van der Waals surface area contributed by atoms with Crippen LogP contribution in [0.15, 0.2) is 6.33 Å². The molecule has 2 aromatic rings. The molecule has 1 N–H and O–H groups in total. The van der Waals surface area contributed by atoms with Crippen molar-refractivity contribution in [1.82, 2.24) is 24.7 Å². The maximum absolute atomic E-state index is 4.30. The molecule has 6 nitrogen and oxygen atoms in total. The monoisotopic (exact) mass is 218 g/mol. The maximum atomic E-state index is 4.30. The number of hydrogen-bond donors (Lipinski definition) is 1. The van der Waals surface area contributed by atoms with Crippen LogP contribution in [0, 0.1) is 20.8 Å². The van der Waals surface area contributed by atoms with E-state index in [-0.39, 0.29) is 0 Å².